The Kier molecular flexibility index (Phi) is 19.8. The smallest absolute Gasteiger partial charge is 0.0429 e. The topological polar surface area (TPSA) is 40.5 Å². The molecule has 10 aromatic carbocycles. The van der Waals surface area contributed by atoms with E-state index < -0.39 is 37.1 Å². The Morgan fingerprint density at radius 1 is 0.293 bits per heavy atom. The summed E-state index contributed by atoms with van der Waals surface area (Å²) >= 11 is 0. The van der Waals surface area contributed by atoms with Gasteiger partial charge in [-0.15, -0.1) is 0 Å². The second kappa shape index (κ2) is 26.6. The number of rotatable bonds is 18. The number of benzene rings is 8. The molecule has 0 bridgehead atoms. The van der Waals surface area contributed by atoms with Gasteiger partial charge in [0.1, 0.15) is 0 Å². The van der Waals surface area contributed by atoms with Crippen LogP contribution in [0.1, 0.15) is 51.7 Å². The Morgan fingerprint density at radius 3 is 0.707 bits per heavy atom. The minimum Gasteiger partial charge on any atom is -0.713 e. The second-order valence-corrected chi connectivity index (χ2v) is 28.3. The van der Waals surface area contributed by atoms with Crippen molar-refractivity contribution >= 4 is 95.3 Å². The standard InChI is InChI=1S/C58H51OP4.C10H15O.Fe/c1-58(2,43-44-59)53-54(60(45-27-11-3-12-28-45)46-29-13-4-14-30-46)56(62(49-35-19-7-20-36-49)50-37-21-8-22-38-50)57(63(51-39-23-9-24-40-51)52-41-25-10-26-42-52)55(53)61(47-31-15-5-16-32-47)48-33-17-6-18-34-48;1-10(2,7-8-11)9-5-3-4-6-9;/h3-42,59H,43-44H2,1-2H3;3-6,11H,7-8H2,1-2H3;/q-5;-1;. The van der Waals surface area contributed by atoms with Gasteiger partial charge in [-0.1, -0.05) is 325 Å². The van der Waals surface area contributed by atoms with Crippen LogP contribution in [0.3, 0.4) is 0 Å². The summed E-state index contributed by atoms with van der Waals surface area (Å²) in [6.45, 7) is 9.47. The Bertz CT molecular complexity index is 2880. The van der Waals surface area contributed by atoms with Crippen molar-refractivity contribution in [3.8, 4) is 0 Å². The van der Waals surface area contributed by atoms with Crippen LogP contribution in [0.25, 0.3) is 0 Å². The maximum Gasteiger partial charge on any atom is 0.0429 e. The van der Waals surface area contributed by atoms with Crippen molar-refractivity contribution < 1.29 is 27.3 Å². The van der Waals surface area contributed by atoms with Crippen molar-refractivity contribution in [2.45, 2.75) is 51.4 Å². The normalized spacial score (nSPS) is 11.7. The van der Waals surface area contributed by atoms with E-state index in [-0.39, 0.29) is 35.7 Å². The van der Waals surface area contributed by atoms with Crippen molar-refractivity contribution in [2.75, 3.05) is 13.2 Å². The molecule has 0 saturated heterocycles. The summed E-state index contributed by atoms with van der Waals surface area (Å²) in [5.41, 5.74) is 2.41. The molecule has 0 aliphatic rings. The van der Waals surface area contributed by atoms with Gasteiger partial charge in [-0.3, -0.25) is 0 Å². The van der Waals surface area contributed by atoms with Gasteiger partial charge in [-0.2, -0.15) is 23.1 Å². The molecule has 384 valence electrons. The SMILES string of the molecule is CC(C)(CCO)[c-]1[c-](P(c2ccccc2)c2ccccc2)[c-](P(c2ccccc2)c2ccccc2)[c-](P(c2ccccc2)c2ccccc2)[c-]1P(c1ccccc1)c1ccccc1.CC(C)(CCO)[c-]1cccc1.[Fe]. The fourth-order valence-corrected chi connectivity index (χ4v) is 22.3. The summed E-state index contributed by atoms with van der Waals surface area (Å²) in [6, 6.07) is 98.9. The molecule has 2 nitrogen and oxygen atoms in total. The fraction of sp³-hybridized carbons (Fsp3) is 0.147. The van der Waals surface area contributed by atoms with Crippen LogP contribution < -0.4 is 63.7 Å². The summed E-state index contributed by atoms with van der Waals surface area (Å²) in [7, 11) is -4.58. The fourth-order valence-electron chi connectivity index (χ4n) is 9.97. The van der Waals surface area contributed by atoms with Gasteiger partial charge in [0.2, 0.25) is 0 Å². The molecular formula is C68H66FeO2P4-6. The Balaban J connectivity index is 0.000000555. The van der Waals surface area contributed by atoms with Crippen LogP contribution >= 0.6 is 31.7 Å². The van der Waals surface area contributed by atoms with Gasteiger partial charge in [0.25, 0.3) is 0 Å². The number of aliphatic hydroxyl groups excluding tert-OH is 2. The predicted molar refractivity (Wildman–Crippen MR) is 328 cm³/mol. The van der Waals surface area contributed by atoms with E-state index in [1.54, 1.807) is 0 Å². The van der Waals surface area contributed by atoms with Crippen molar-refractivity contribution in [3.63, 3.8) is 0 Å². The molecule has 0 aliphatic heterocycles. The molecule has 0 amide bonds. The molecule has 0 aliphatic carbocycles. The van der Waals surface area contributed by atoms with Gasteiger partial charge in [0.05, 0.1) is 0 Å². The summed E-state index contributed by atoms with van der Waals surface area (Å²) in [5.74, 6) is 0. The quantitative estimate of drug-likeness (QED) is 0.0511. The van der Waals surface area contributed by atoms with Gasteiger partial charge >= 0.3 is 0 Å². The third-order valence-electron chi connectivity index (χ3n) is 13.8. The second-order valence-electron chi connectivity index (χ2n) is 19.7. The first-order valence-corrected chi connectivity index (χ1v) is 31.0. The largest absolute Gasteiger partial charge is 0.713 e. The maximum atomic E-state index is 11.2. The molecule has 0 unspecified atom stereocenters. The van der Waals surface area contributed by atoms with E-state index in [0.29, 0.717) is 6.42 Å². The van der Waals surface area contributed by atoms with Gasteiger partial charge < -0.3 is 37.0 Å². The van der Waals surface area contributed by atoms with Crippen LogP contribution in [-0.4, -0.2) is 23.4 Å². The molecule has 0 saturated carbocycles. The van der Waals surface area contributed by atoms with Gasteiger partial charge in [-0.25, -0.2) is 43.8 Å². The molecule has 2 N–H and O–H groups in total. The van der Waals surface area contributed by atoms with E-state index in [1.807, 2.05) is 12.1 Å². The third kappa shape index (κ3) is 12.9. The van der Waals surface area contributed by atoms with Crippen LogP contribution in [0.2, 0.25) is 0 Å². The van der Waals surface area contributed by atoms with Gasteiger partial charge in [0, 0.05) is 30.3 Å². The summed E-state index contributed by atoms with van der Waals surface area (Å²) < 4.78 is 0. The number of hydrogen-bond acceptors (Lipinski definition) is 2. The van der Waals surface area contributed by atoms with Crippen LogP contribution in [0.15, 0.2) is 267 Å². The zero-order valence-corrected chi connectivity index (χ0v) is 48.0. The molecule has 0 aromatic heterocycles. The summed E-state index contributed by atoms with van der Waals surface area (Å²) in [5, 5.41) is 36.5. The van der Waals surface area contributed by atoms with Crippen molar-refractivity contribution in [3.05, 3.63) is 278 Å². The van der Waals surface area contributed by atoms with Crippen LogP contribution in [-0.2, 0) is 27.9 Å². The molecule has 10 rings (SSSR count). The van der Waals surface area contributed by atoms with Crippen LogP contribution in [0, 0.1) is 0 Å². The van der Waals surface area contributed by atoms with E-state index in [2.05, 4.69) is 282 Å². The molecule has 0 radical (unpaired) electrons. The molecule has 7 heteroatoms. The summed E-state index contributed by atoms with van der Waals surface area (Å²) in [6.07, 6.45) is 1.45. The Hall–Kier alpha value is -5.38. The molecular weight excluding hydrogens is 1030 g/mol. The van der Waals surface area contributed by atoms with Crippen molar-refractivity contribution in [2.24, 2.45) is 0 Å². The van der Waals surface area contributed by atoms with E-state index in [4.69, 9.17) is 5.11 Å². The zero-order valence-electron chi connectivity index (χ0n) is 43.3. The van der Waals surface area contributed by atoms with Crippen LogP contribution in [0.4, 0.5) is 0 Å². The maximum absolute atomic E-state index is 11.2. The average molecular weight is 1100 g/mol. The molecule has 0 spiro atoms. The molecule has 10 aromatic rings. The molecule has 0 heterocycles. The minimum atomic E-state index is -1.15. The first-order valence-electron chi connectivity index (χ1n) is 25.6. The monoisotopic (exact) mass is 1090 g/mol. The average Bonchev–Trinajstić information content (AvgIpc) is 4.12. The third-order valence-corrected chi connectivity index (χ3v) is 24.4. The minimum absolute atomic E-state index is 0. The zero-order chi connectivity index (χ0) is 51.3. The summed E-state index contributed by atoms with van der Waals surface area (Å²) in [4.78, 5) is 0. The van der Waals surface area contributed by atoms with Gasteiger partial charge in [-0.05, 0) is 6.42 Å². The Morgan fingerprint density at radius 2 is 0.493 bits per heavy atom. The van der Waals surface area contributed by atoms with Gasteiger partial charge in [0.15, 0.2) is 0 Å². The number of aliphatic hydroxyl groups is 2. The van der Waals surface area contributed by atoms with E-state index >= 15 is 0 Å². The molecule has 0 fully saturated rings. The van der Waals surface area contributed by atoms with Crippen LogP contribution in [0.5, 0.6) is 0 Å². The van der Waals surface area contributed by atoms with Crippen molar-refractivity contribution in [1.29, 1.82) is 0 Å². The molecule has 0 atom stereocenters. The van der Waals surface area contributed by atoms with E-state index in [0.717, 1.165) is 6.42 Å². The Labute approximate surface area is 462 Å². The number of hydrogen-bond donors (Lipinski definition) is 2. The molecule has 75 heavy (non-hydrogen) atoms. The van der Waals surface area contributed by atoms with E-state index in [1.165, 1.54) is 74.8 Å². The predicted octanol–water partition coefficient (Wildman–Crippen LogP) is 11.2. The van der Waals surface area contributed by atoms with E-state index in [9.17, 15) is 5.11 Å². The first-order chi connectivity index (χ1) is 36.2. The first kappa shape index (κ1) is 55.8. The van der Waals surface area contributed by atoms with Crippen molar-refractivity contribution in [1.82, 2.24) is 0 Å².